The molecule has 1 amide bonds. The Morgan fingerprint density at radius 1 is 1.48 bits per heavy atom. The van der Waals surface area contributed by atoms with E-state index in [1.165, 1.54) is 18.4 Å². The molecule has 0 unspecified atom stereocenters. The first-order valence-electron chi connectivity index (χ1n) is 8.32. The molecule has 1 saturated carbocycles. The van der Waals surface area contributed by atoms with E-state index in [0.29, 0.717) is 29.3 Å². The quantitative estimate of drug-likeness (QED) is 0.883. The Labute approximate surface area is 135 Å². The van der Waals surface area contributed by atoms with Crippen LogP contribution in [-0.2, 0) is 0 Å². The molecule has 120 valence electrons. The third-order valence-electron chi connectivity index (χ3n) is 5.75. The van der Waals surface area contributed by atoms with Crippen molar-refractivity contribution in [1.29, 1.82) is 0 Å². The maximum atomic E-state index is 12.2. The van der Waals surface area contributed by atoms with Crippen LogP contribution in [0.5, 0.6) is 0 Å². The highest BCUT2D eigenvalue weighted by molar-refractivity contribution is 5.92. The molecule has 2 aromatic heterocycles. The first-order chi connectivity index (χ1) is 11.1. The molecular weight excluding hydrogens is 288 g/mol. The lowest BCUT2D eigenvalue weighted by Gasteiger charge is -2.56. The van der Waals surface area contributed by atoms with Crippen LogP contribution in [0, 0.1) is 17.3 Å². The van der Waals surface area contributed by atoms with E-state index in [-0.39, 0.29) is 5.91 Å². The Morgan fingerprint density at radius 3 is 3.09 bits per heavy atom. The number of nitrogens with one attached hydrogen (secondary N) is 1. The second kappa shape index (κ2) is 5.18. The van der Waals surface area contributed by atoms with Crippen molar-refractivity contribution in [2.24, 2.45) is 17.3 Å². The monoisotopic (exact) mass is 310 g/mol. The van der Waals surface area contributed by atoms with E-state index >= 15 is 0 Å². The fourth-order valence-electron chi connectivity index (χ4n) is 4.11. The van der Waals surface area contributed by atoms with E-state index in [0.717, 1.165) is 12.3 Å². The molecule has 5 nitrogen and oxygen atoms in total. The van der Waals surface area contributed by atoms with Crippen LogP contribution in [0.25, 0.3) is 5.78 Å². The summed E-state index contributed by atoms with van der Waals surface area (Å²) in [5.41, 5.74) is 2.39. The number of allylic oxidation sites excluding steroid dienone is 1. The number of hydrogen-bond donors (Lipinski definition) is 1. The number of hydrogen-bond acceptors (Lipinski definition) is 3. The molecule has 3 aliphatic carbocycles. The number of aromatic nitrogens is 3. The van der Waals surface area contributed by atoms with Gasteiger partial charge >= 0.3 is 0 Å². The van der Waals surface area contributed by atoms with Gasteiger partial charge in [0.1, 0.15) is 5.69 Å². The number of imidazole rings is 1. The summed E-state index contributed by atoms with van der Waals surface area (Å²) in [5, 5.41) is 2.99. The average molecular weight is 310 g/mol. The van der Waals surface area contributed by atoms with Gasteiger partial charge in [-0.05, 0) is 42.6 Å². The third-order valence-corrected chi connectivity index (χ3v) is 5.75. The minimum absolute atomic E-state index is 0.127. The third kappa shape index (κ3) is 2.35. The second-order valence-electron chi connectivity index (χ2n) is 7.28. The van der Waals surface area contributed by atoms with E-state index in [4.69, 9.17) is 0 Å². The predicted molar refractivity (Wildman–Crippen MR) is 88.0 cm³/mol. The van der Waals surface area contributed by atoms with Gasteiger partial charge in [-0.3, -0.25) is 9.20 Å². The van der Waals surface area contributed by atoms with E-state index in [9.17, 15) is 4.79 Å². The van der Waals surface area contributed by atoms with Crippen LogP contribution in [-0.4, -0.2) is 26.8 Å². The smallest absolute Gasteiger partial charge is 0.271 e. The molecule has 5 rings (SSSR count). The highest BCUT2D eigenvalue weighted by atomic mass is 16.1. The van der Waals surface area contributed by atoms with Crippen LogP contribution in [0.15, 0.2) is 36.3 Å². The Morgan fingerprint density at radius 2 is 2.35 bits per heavy atom. The topological polar surface area (TPSA) is 59.3 Å². The second-order valence-corrected chi connectivity index (χ2v) is 7.28. The summed E-state index contributed by atoms with van der Waals surface area (Å²) in [6, 6.07) is 1.82. The molecule has 0 radical (unpaired) electrons. The van der Waals surface area contributed by atoms with Crippen LogP contribution in [0.4, 0.5) is 0 Å². The molecule has 2 heterocycles. The fraction of sp³-hybridized carbons (Fsp3) is 0.500. The number of nitrogens with zero attached hydrogens (tertiary/aromatic N) is 3. The van der Waals surface area contributed by atoms with E-state index in [1.807, 2.05) is 12.3 Å². The summed E-state index contributed by atoms with van der Waals surface area (Å²) in [4.78, 5) is 20.6. The van der Waals surface area contributed by atoms with Crippen molar-refractivity contribution < 1.29 is 4.79 Å². The van der Waals surface area contributed by atoms with Crippen LogP contribution < -0.4 is 5.32 Å². The van der Waals surface area contributed by atoms with Gasteiger partial charge in [0.2, 0.25) is 5.78 Å². The number of rotatable bonds is 4. The summed E-state index contributed by atoms with van der Waals surface area (Å²) in [7, 11) is 0. The van der Waals surface area contributed by atoms with Gasteiger partial charge in [-0.25, -0.2) is 9.97 Å². The molecule has 0 aliphatic heterocycles. The zero-order chi connectivity index (χ0) is 16.0. The van der Waals surface area contributed by atoms with Crippen molar-refractivity contribution in [1.82, 2.24) is 19.7 Å². The SMILES string of the molecule is CC1(C)[C@H]2CC=C(CCNC(=O)c3cn4cccnc4n3)[C@@H]1C2. The highest BCUT2D eigenvalue weighted by Crippen LogP contribution is 2.59. The Balaban J connectivity index is 1.36. The number of carbonyl (C=O) groups excluding carboxylic acids is 1. The lowest BCUT2D eigenvalue weighted by Crippen LogP contribution is -2.48. The molecule has 1 fully saturated rings. The zero-order valence-corrected chi connectivity index (χ0v) is 13.6. The summed E-state index contributed by atoms with van der Waals surface area (Å²) in [5.74, 6) is 1.99. The maximum absolute atomic E-state index is 12.2. The molecular formula is C18H22N4O. The van der Waals surface area contributed by atoms with Crippen molar-refractivity contribution in [2.45, 2.75) is 33.1 Å². The van der Waals surface area contributed by atoms with Crippen molar-refractivity contribution in [3.63, 3.8) is 0 Å². The van der Waals surface area contributed by atoms with Gasteiger partial charge in [-0.2, -0.15) is 0 Å². The number of fused-ring (bicyclic) bond motifs is 2. The van der Waals surface area contributed by atoms with Gasteiger partial charge in [0.15, 0.2) is 0 Å². The van der Waals surface area contributed by atoms with Gasteiger partial charge in [0, 0.05) is 25.1 Å². The van der Waals surface area contributed by atoms with E-state index in [2.05, 4.69) is 35.2 Å². The van der Waals surface area contributed by atoms with Gasteiger partial charge in [-0.15, -0.1) is 0 Å². The van der Waals surface area contributed by atoms with E-state index < -0.39 is 0 Å². The molecule has 1 N–H and O–H groups in total. The standard InChI is InChI=1S/C18H22N4O/c1-18(2)13-5-4-12(14(18)10-13)6-8-19-16(23)15-11-22-9-3-7-20-17(22)21-15/h3-4,7,9,11,13-14H,5-6,8,10H2,1-2H3,(H,19,23)/t13-,14-/m0/s1. The van der Waals surface area contributed by atoms with Crippen molar-refractivity contribution in [2.75, 3.05) is 6.54 Å². The molecule has 0 saturated heterocycles. The average Bonchev–Trinajstić information content (AvgIpc) is 2.99. The van der Waals surface area contributed by atoms with Crippen LogP contribution in [0.2, 0.25) is 0 Å². The van der Waals surface area contributed by atoms with Crippen molar-refractivity contribution in [3.8, 4) is 0 Å². The molecule has 2 atom stereocenters. The summed E-state index contributed by atoms with van der Waals surface area (Å²) < 4.78 is 1.76. The molecule has 2 aromatic rings. The van der Waals surface area contributed by atoms with E-state index in [1.54, 1.807) is 16.8 Å². The largest absolute Gasteiger partial charge is 0.350 e. The summed E-state index contributed by atoms with van der Waals surface area (Å²) in [6.07, 6.45) is 11.1. The summed E-state index contributed by atoms with van der Waals surface area (Å²) >= 11 is 0. The molecule has 0 aromatic carbocycles. The van der Waals surface area contributed by atoms with Crippen LogP contribution in [0.1, 0.15) is 43.6 Å². The minimum atomic E-state index is -0.127. The molecule has 3 aliphatic rings. The Hall–Kier alpha value is -2.17. The predicted octanol–water partition coefficient (Wildman–Crippen LogP) is 2.84. The number of carbonyl (C=O) groups is 1. The normalized spacial score (nSPS) is 24.9. The van der Waals surface area contributed by atoms with Gasteiger partial charge in [0.25, 0.3) is 5.91 Å². The molecule has 2 bridgehead atoms. The lowest BCUT2D eigenvalue weighted by atomic mass is 9.48. The zero-order valence-electron chi connectivity index (χ0n) is 13.6. The highest BCUT2D eigenvalue weighted by Gasteiger charge is 2.50. The molecule has 23 heavy (non-hydrogen) atoms. The summed E-state index contributed by atoms with van der Waals surface area (Å²) in [6.45, 7) is 5.42. The van der Waals surface area contributed by atoms with Gasteiger partial charge in [0.05, 0.1) is 0 Å². The first-order valence-corrected chi connectivity index (χ1v) is 8.32. The lowest BCUT2D eigenvalue weighted by molar-refractivity contribution is -0.00811. The van der Waals surface area contributed by atoms with Crippen LogP contribution >= 0.6 is 0 Å². The maximum Gasteiger partial charge on any atom is 0.271 e. The molecule has 5 heteroatoms. The molecule has 0 spiro atoms. The van der Waals surface area contributed by atoms with Crippen LogP contribution in [0.3, 0.4) is 0 Å². The first kappa shape index (κ1) is 14.4. The Bertz CT molecular complexity index is 756. The van der Waals surface area contributed by atoms with Crippen molar-refractivity contribution in [3.05, 3.63) is 42.0 Å². The Kier molecular flexibility index (Phi) is 3.25. The van der Waals surface area contributed by atoms with Gasteiger partial charge in [-0.1, -0.05) is 25.5 Å². The number of amides is 1. The minimum Gasteiger partial charge on any atom is -0.350 e. The van der Waals surface area contributed by atoms with Gasteiger partial charge < -0.3 is 5.32 Å². The fourth-order valence-corrected chi connectivity index (χ4v) is 4.11. The van der Waals surface area contributed by atoms with Crippen molar-refractivity contribution >= 4 is 11.7 Å².